The molecule has 0 bridgehead atoms. The Morgan fingerprint density at radius 3 is 2.85 bits per heavy atom. The van der Waals surface area contributed by atoms with E-state index >= 15 is 0 Å². The maximum atomic E-state index is 12.6. The van der Waals surface area contributed by atoms with Crippen LogP contribution in [-0.4, -0.2) is 0 Å². The van der Waals surface area contributed by atoms with Crippen molar-refractivity contribution in [1.82, 2.24) is 0 Å². The molecule has 1 aromatic carbocycles. The standard InChI is InChI=1S/C9H4ClFO2/c10-5-1-2-8-6(3-5)7(12)4-9(11)13-8/h1-4H. The summed E-state index contributed by atoms with van der Waals surface area (Å²) >= 11 is 5.66. The fourth-order valence-corrected chi connectivity index (χ4v) is 1.27. The van der Waals surface area contributed by atoms with Gasteiger partial charge in [-0.2, -0.15) is 4.39 Å². The maximum Gasteiger partial charge on any atom is 0.282 e. The van der Waals surface area contributed by atoms with Crippen molar-refractivity contribution in [3.63, 3.8) is 0 Å². The molecule has 0 saturated heterocycles. The van der Waals surface area contributed by atoms with Crippen LogP contribution in [-0.2, 0) is 0 Å². The largest absolute Gasteiger partial charge is 0.431 e. The molecule has 0 atom stereocenters. The zero-order valence-electron chi connectivity index (χ0n) is 6.38. The molecule has 13 heavy (non-hydrogen) atoms. The second-order valence-electron chi connectivity index (χ2n) is 2.56. The first-order valence-corrected chi connectivity index (χ1v) is 3.93. The fourth-order valence-electron chi connectivity index (χ4n) is 1.10. The van der Waals surface area contributed by atoms with Gasteiger partial charge in [0, 0.05) is 5.02 Å². The first kappa shape index (κ1) is 8.26. The van der Waals surface area contributed by atoms with Gasteiger partial charge in [0.2, 0.25) is 0 Å². The van der Waals surface area contributed by atoms with Crippen molar-refractivity contribution in [3.8, 4) is 0 Å². The minimum atomic E-state index is -0.889. The molecule has 0 N–H and O–H groups in total. The highest BCUT2D eigenvalue weighted by atomic mass is 35.5. The summed E-state index contributed by atoms with van der Waals surface area (Å²) in [6, 6.07) is 4.34. The molecule has 0 fully saturated rings. The van der Waals surface area contributed by atoms with E-state index in [4.69, 9.17) is 11.6 Å². The molecule has 66 valence electrons. The van der Waals surface area contributed by atoms with Gasteiger partial charge in [-0.3, -0.25) is 4.79 Å². The smallest absolute Gasteiger partial charge is 0.282 e. The Bertz CT molecular complexity index is 518. The van der Waals surface area contributed by atoms with Crippen molar-refractivity contribution in [3.05, 3.63) is 45.5 Å². The molecule has 0 aliphatic heterocycles. The Kier molecular flexibility index (Phi) is 1.81. The molecule has 0 spiro atoms. The van der Waals surface area contributed by atoms with E-state index in [2.05, 4.69) is 4.42 Å². The molecule has 0 unspecified atom stereocenters. The van der Waals surface area contributed by atoms with Gasteiger partial charge in [-0.25, -0.2) is 0 Å². The molecule has 0 saturated carbocycles. The van der Waals surface area contributed by atoms with Gasteiger partial charge in [-0.05, 0) is 18.2 Å². The highest BCUT2D eigenvalue weighted by Gasteiger charge is 2.03. The number of fused-ring (bicyclic) bond motifs is 1. The van der Waals surface area contributed by atoms with Crippen LogP contribution in [0, 0.1) is 6.01 Å². The van der Waals surface area contributed by atoms with Crippen LogP contribution in [0.1, 0.15) is 0 Å². The van der Waals surface area contributed by atoms with Gasteiger partial charge in [0.05, 0.1) is 11.5 Å². The van der Waals surface area contributed by atoms with Crippen LogP contribution < -0.4 is 5.43 Å². The van der Waals surface area contributed by atoms with Crippen molar-refractivity contribution in [2.75, 3.05) is 0 Å². The SMILES string of the molecule is O=c1cc(F)oc2ccc(Cl)cc12. The number of hydrogen-bond acceptors (Lipinski definition) is 2. The molecule has 0 aliphatic carbocycles. The van der Waals surface area contributed by atoms with Gasteiger partial charge in [0.25, 0.3) is 6.01 Å². The van der Waals surface area contributed by atoms with Gasteiger partial charge < -0.3 is 4.42 Å². The van der Waals surface area contributed by atoms with E-state index in [1.165, 1.54) is 18.2 Å². The van der Waals surface area contributed by atoms with Crippen LogP contribution in [0.3, 0.4) is 0 Å². The van der Waals surface area contributed by atoms with Crippen molar-refractivity contribution in [2.45, 2.75) is 0 Å². The molecular weight excluding hydrogens is 195 g/mol. The first-order chi connectivity index (χ1) is 6.16. The number of hydrogen-bond donors (Lipinski definition) is 0. The van der Waals surface area contributed by atoms with Crippen LogP contribution in [0.2, 0.25) is 5.02 Å². The van der Waals surface area contributed by atoms with Crippen LogP contribution in [0.4, 0.5) is 4.39 Å². The topological polar surface area (TPSA) is 30.2 Å². The van der Waals surface area contributed by atoms with Gasteiger partial charge in [0.15, 0.2) is 5.43 Å². The van der Waals surface area contributed by atoms with E-state index in [1.807, 2.05) is 0 Å². The lowest BCUT2D eigenvalue weighted by Gasteiger charge is -1.95. The number of rotatable bonds is 0. The minimum absolute atomic E-state index is 0.203. The zero-order valence-corrected chi connectivity index (χ0v) is 7.14. The summed E-state index contributed by atoms with van der Waals surface area (Å²) < 4.78 is 17.3. The summed E-state index contributed by atoms with van der Waals surface area (Å²) in [7, 11) is 0. The Morgan fingerprint density at radius 2 is 2.08 bits per heavy atom. The third-order valence-corrected chi connectivity index (χ3v) is 1.89. The third kappa shape index (κ3) is 1.42. The summed E-state index contributed by atoms with van der Waals surface area (Å²) in [6.07, 6.45) is 0. The monoisotopic (exact) mass is 198 g/mol. The Hall–Kier alpha value is -1.35. The van der Waals surface area contributed by atoms with Crippen LogP contribution in [0.15, 0.2) is 33.5 Å². The van der Waals surface area contributed by atoms with Crippen molar-refractivity contribution >= 4 is 22.6 Å². The van der Waals surface area contributed by atoms with Gasteiger partial charge >= 0.3 is 0 Å². The van der Waals surface area contributed by atoms with E-state index in [1.54, 1.807) is 0 Å². The summed E-state index contributed by atoms with van der Waals surface area (Å²) in [6.45, 7) is 0. The summed E-state index contributed by atoms with van der Waals surface area (Å²) in [4.78, 5) is 11.2. The average Bonchev–Trinajstić information content (AvgIpc) is 2.06. The van der Waals surface area contributed by atoms with Crippen LogP contribution in [0.25, 0.3) is 11.0 Å². The molecule has 2 rings (SSSR count). The third-order valence-electron chi connectivity index (χ3n) is 1.66. The van der Waals surface area contributed by atoms with Crippen molar-refractivity contribution in [1.29, 1.82) is 0 Å². The van der Waals surface area contributed by atoms with Crippen LogP contribution >= 0.6 is 11.6 Å². The first-order valence-electron chi connectivity index (χ1n) is 3.56. The van der Waals surface area contributed by atoms with E-state index in [-0.39, 0.29) is 11.0 Å². The van der Waals surface area contributed by atoms with E-state index in [0.29, 0.717) is 5.02 Å². The average molecular weight is 199 g/mol. The lowest BCUT2D eigenvalue weighted by atomic mass is 10.2. The minimum Gasteiger partial charge on any atom is -0.431 e. The quantitative estimate of drug-likeness (QED) is 0.651. The molecule has 1 aromatic heterocycles. The molecule has 1 heterocycles. The second-order valence-corrected chi connectivity index (χ2v) is 2.99. The number of benzene rings is 1. The predicted molar refractivity (Wildman–Crippen MR) is 47.5 cm³/mol. The molecule has 0 amide bonds. The molecule has 2 aromatic rings. The van der Waals surface area contributed by atoms with Crippen LogP contribution in [0.5, 0.6) is 0 Å². The maximum absolute atomic E-state index is 12.6. The normalized spacial score (nSPS) is 10.6. The Balaban J connectivity index is 2.95. The highest BCUT2D eigenvalue weighted by Crippen LogP contribution is 2.16. The van der Waals surface area contributed by atoms with E-state index in [9.17, 15) is 9.18 Å². The molecule has 0 aliphatic rings. The summed E-state index contributed by atoms with van der Waals surface area (Å²) in [5.74, 6) is 0. The van der Waals surface area contributed by atoms with E-state index in [0.717, 1.165) is 6.07 Å². The highest BCUT2D eigenvalue weighted by molar-refractivity contribution is 6.31. The zero-order chi connectivity index (χ0) is 9.42. The van der Waals surface area contributed by atoms with Gasteiger partial charge in [-0.1, -0.05) is 11.6 Å². The Labute approximate surface area is 77.5 Å². The Morgan fingerprint density at radius 1 is 1.31 bits per heavy atom. The lowest BCUT2D eigenvalue weighted by molar-refractivity contribution is 0.370. The number of halogens is 2. The summed E-state index contributed by atoms with van der Waals surface area (Å²) in [5, 5.41) is 0.709. The predicted octanol–water partition coefficient (Wildman–Crippen LogP) is 2.59. The van der Waals surface area contributed by atoms with E-state index < -0.39 is 11.4 Å². The summed E-state index contributed by atoms with van der Waals surface area (Å²) in [5.41, 5.74) is -0.226. The molecular formula is C9H4ClFO2. The van der Waals surface area contributed by atoms with Gasteiger partial charge in [-0.15, -0.1) is 0 Å². The van der Waals surface area contributed by atoms with Gasteiger partial charge in [0.1, 0.15) is 5.58 Å². The van der Waals surface area contributed by atoms with Crippen molar-refractivity contribution < 1.29 is 8.81 Å². The lowest BCUT2D eigenvalue weighted by Crippen LogP contribution is -2.00. The molecule has 4 heteroatoms. The second kappa shape index (κ2) is 2.85. The van der Waals surface area contributed by atoms with Crippen molar-refractivity contribution in [2.24, 2.45) is 0 Å². The molecule has 2 nitrogen and oxygen atoms in total. The molecule has 0 radical (unpaired) electrons. The fraction of sp³-hybridized carbons (Fsp3) is 0.